The maximum absolute atomic E-state index is 5.26. The number of nitrogen functional groups attached to an aromatic ring is 1. The van der Waals surface area contributed by atoms with E-state index in [4.69, 9.17) is 5.84 Å². The second-order valence-electron chi connectivity index (χ2n) is 3.71. The number of aromatic nitrogens is 4. The van der Waals surface area contributed by atoms with Crippen LogP contribution in [0.25, 0.3) is 0 Å². The fourth-order valence-electron chi connectivity index (χ4n) is 1.49. The zero-order chi connectivity index (χ0) is 12.1. The van der Waals surface area contributed by atoms with E-state index in [9.17, 15) is 0 Å². The Morgan fingerprint density at radius 3 is 2.94 bits per heavy atom. The second-order valence-corrected chi connectivity index (χ2v) is 3.71. The topological polar surface area (TPSA) is 93.7 Å². The standard InChI is InChI=1S/C10H15N7/c1-8(7-17-4-2-3-13-17)14-9-5-12-6-10(15-9)16-11/h2-6,8H,7,11H2,1H3,(H2,14,15,16). The Morgan fingerprint density at radius 2 is 2.24 bits per heavy atom. The molecule has 1 unspecified atom stereocenters. The summed E-state index contributed by atoms with van der Waals surface area (Å²) in [6, 6.07) is 2.09. The molecule has 2 rings (SSSR count). The first kappa shape index (κ1) is 11.3. The molecule has 4 N–H and O–H groups in total. The molecule has 90 valence electrons. The summed E-state index contributed by atoms with van der Waals surface area (Å²) in [6.45, 7) is 2.81. The third-order valence-corrected chi connectivity index (χ3v) is 2.20. The first-order chi connectivity index (χ1) is 8.28. The van der Waals surface area contributed by atoms with E-state index in [-0.39, 0.29) is 6.04 Å². The monoisotopic (exact) mass is 233 g/mol. The van der Waals surface area contributed by atoms with Crippen molar-refractivity contribution in [2.24, 2.45) is 5.84 Å². The molecule has 2 aromatic heterocycles. The predicted octanol–water partition coefficient (Wildman–Crippen LogP) is 0.459. The molecule has 0 bridgehead atoms. The molecular formula is C10H15N7. The number of hydrogen-bond donors (Lipinski definition) is 3. The number of anilines is 2. The first-order valence-electron chi connectivity index (χ1n) is 5.30. The Hall–Kier alpha value is -2.15. The molecule has 0 amide bonds. The van der Waals surface area contributed by atoms with E-state index in [1.54, 1.807) is 18.6 Å². The lowest BCUT2D eigenvalue weighted by Crippen LogP contribution is -2.23. The molecule has 7 heteroatoms. The normalized spacial score (nSPS) is 12.1. The molecule has 0 saturated carbocycles. The van der Waals surface area contributed by atoms with Crippen molar-refractivity contribution in [3.05, 3.63) is 30.9 Å². The number of rotatable bonds is 5. The van der Waals surface area contributed by atoms with Crippen molar-refractivity contribution in [3.8, 4) is 0 Å². The minimum Gasteiger partial charge on any atom is -0.364 e. The lowest BCUT2D eigenvalue weighted by molar-refractivity contribution is 0.559. The maximum Gasteiger partial charge on any atom is 0.160 e. The van der Waals surface area contributed by atoms with E-state index in [1.807, 2.05) is 23.9 Å². The SMILES string of the molecule is CC(Cn1cccn1)Nc1cncc(NN)n1. The van der Waals surface area contributed by atoms with Gasteiger partial charge in [-0.25, -0.2) is 10.8 Å². The molecule has 2 aromatic rings. The van der Waals surface area contributed by atoms with E-state index in [1.165, 1.54) is 0 Å². The van der Waals surface area contributed by atoms with Crippen LogP contribution in [0, 0.1) is 0 Å². The van der Waals surface area contributed by atoms with Crippen LogP contribution in [-0.4, -0.2) is 25.8 Å². The van der Waals surface area contributed by atoms with Gasteiger partial charge < -0.3 is 10.7 Å². The Balaban J connectivity index is 1.95. The van der Waals surface area contributed by atoms with Gasteiger partial charge in [0.05, 0.1) is 18.9 Å². The molecule has 7 nitrogen and oxygen atoms in total. The maximum atomic E-state index is 5.26. The van der Waals surface area contributed by atoms with Gasteiger partial charge in [-0.15, -0.1) is 0 Å². The van der Waals surface area contributed by atoms with Gasteiger partial charge in [0.25, 0.3) is 0 Å². The van der Waals surface area contributed by atoms with Gasteiger partial charge in [-0.3, -0.25) is 9.67 Å². The van der Waals surface area contributed by atoms with Crippen LogP contribution < -0.4 is 16.6 Å². The van der Waals surface area contributed by atoms with Crippen LogP contribution in [0.1, 0.15) is 6.92 Å². The summed E-state index contributed by atoms with van der Waals surface area (Å²) >= 11 is 0. The van der Waals surface area contributed by atoms with Gasteiger partial charge >= 0.3 is 0 Å². The highest BCUT2D eigenvalue weighted by Gasteiger charge is 2.04. The average Bonchev–Trinajstić information content (AvgIpc) is 2.82. The van der Waals surface area contributed by atoms with Crippen molar-refractivity contribution in [2.75, 3.05) is 10.7 Å². The summed E-state index contributed by atoms with van der Waals surface area (Å²) in [5, 5.41) is 7.36. The smallest absolute Gasteiger partial charge is 0.160 e. The molecule has 2 heterocycles. The van der Waals surface area contributed by atoms with E-state index in [2.05, 4.69) is 25.8 Å². The average molecular weight is 233 g/mol. The van der Waals surface area contributed by atoms with Crippen molar-refractivity contribution in [3.63, 3.8) is 0 Å². The number of nitrogens with zero attached hydrogens (tertiary/aromatic N) is 4. The van der Waals surface area contributed by atoms with Gasteiger partial charge in [-0.1, -0.05) is 0 Å². The Morgan fingerprint density at radius 1 is 1.41 bits per heavy atom. The Bertz CT molecular complexity index is 453. The Labute approximate surface area is 99.0 Å². The van der Waals surface area contributed by atoms with Crippen molar-refractivity contribution in [1.29, 1.82) is 0 Å². The van der Waals surface area contributed by atoms with Gasteiger partial charge in [0.1, 0.15) is 5.82 Å². The van der Waals surface area contributed by atoms with Crippen LogP contribution in [0.3, 0.4) is 0 Å². The summed E-state index contributed by atoms with van der Waals surface area (Å²) in [4.78, 5) is 8.24. The lowest BCUT2D eigenvalue weighted by Gasteiger charge is -2.14. The summed E-state index contributed by atoms with van der Waals surface area (Å²) in [5.74, 6) is 6.47. The van der Waals surface area contributed by atoms with Crippen LogP contribution in [0.5, 0.6) is 0 Å². The molecule has 0 aliphatic carbocycles. The second kappa shape index (κ2) is 5.26. The molecule has 0 spiro atoms. The van der Waals surface area contributed by atoms with Gasteiger partial charge in [-0.2, -0.15) is 5.10 Å². The molecule has 0 saturated heterocycles. The van der Waals surface area contributed by atoms with Crippen molar-refractivity contribution in [2.45, 2.75) is 19.5 Å². The molecule has 1 atom stereocenters. The highest BCUT2D eigenvalue weighted by Crippen LogP contribution is 2.07. The van der Waals surface area contributed by atoms with Gasteiger partial charge in [0.2, 0.25) is 0 Å². The minimum atomic E-state index is 0.192. The van der Waals surface area contributed by atoms with Crippen LogP contribution >= 0.6 is 0 Å². The van der Waals surface area contributed by atoms with Gasteiger partial charge in [0.15, 0.2) is 5.82 Å². The highest BCUT2D eigenvalue weighted by molar-refractivity contribution is 5.41. The van der Waals surface area contributed by atoms with Crippen LogP contribution in [-0.2, 0) is 6.54 Å². The third-order valence-electron chi connectivity index (χ3n) is 2.20. The van der Waals surface area contributed by atoms with Gasteiger partial charge in [-0.05, 0) is 13.0 Å². The van der Waals surface area contributed by atoms with E-state index in [0.29, 0.717) is 11.6 Å². The molecule has 0 aliphatic heterocycles. The predicted molar refractivity (Wildman–Crippen MR) is 65.2 cm³/mol. The number of hydrazine groups is 1. The highest BCUT2D eigenvalue weighted by atomic mass is 15.3. The van der Waals surface area contributed by atoms with E-state index >= 15 is 0 Å². The summed E-state index contributed by atoms with van der Waals surface area (Å²) in [6.07, 6.45) is 6.89. The summed E-state index contributed by atoms with van der Waals surface area (Å²) in [7, 11) is 0. The molecule has 0 aliphatic rings. The molecule has 17 heavy (non-hydrogen) atoms. The molecular weight excluding hydrogens is 218 g/mol. The largest absolute Gasteiger partial charge is 0.364 e. The van der Waals surface area contributed by atoms with Crippen molar-refractivity contribution >= 4 is 11.6 Å². The van der Waals surface area contributed by atoms with E-state index < -0.39 is 0 Å². The zero-order valence-corrected chi connectivity index (χ0v) is 9.54. The van der Waals surface area contributed by atoms with Crippen molar-refractivity contribution in [1.82, 2.24) is 19.7 Å². The molecule has 0 radical (unpaired) electrons. The molecule has 0 fully saturated rings. The van der Waals surface area contributed by atoms with Crippen LogP contribution in [0.4, 0.5) is 11.6 Å². The zero-order valence-electron chi connectivity index (χ0n) is 9.54. The van der Waals surface area contributed by atoms with Crippen LogP contribution in [0.15, 0.2) is 30.9 Å². The minimum absolute atomic E-state index is 0.192. The Kier molecular flexibility index (Phi) is 3.51. The summed E-state index contributed by atoms with van der Waals surface area (Å²) < 4.78 is 1.86. The fraction of sp³-hybridized carbons (Fsp3) is 0.300. The summed E-state index contributed by atoms with van der Waals surface area (Å²) in [5.41, 5.74) is 2.45. The third kappa shape index (κ3) is 3.15. The lowest BCUT2D eigenvalue weighted by atomic mass is 10.3. The van der Waals surface area contributed by atoms with Crippen molar-refractivity contribution < 1.29 is 0 Å². The number of hydrogen-bond acceptors (Lipinski definition) is 6. The van der Waals surface area contributed by atoms with E-state index in [0.717, 1.165) is 6.54 Å². The molecule has 0 aromatic carbocycles. The van der Waals surface area contributed by atoms with Crippen LogP contribution in [0.2, 0.25) is 0 Å². The number of nitrogens with two attached hydrogens (primary N) is 1. The first-order valence-corrected chi connectivity index (χ1v) is 5.30. The quantitative estimate of drug-likeness (QED) is 0.513. The van der Waals surface area contributed by atoms with Gasteiger partial charge in [0, 0.05) is 18.4 Å². The fourth-order valence-corrected chi connectivity index (χ4v) is 1.49. The number of nitrogens with one attached hydrogen (secondary N) is 2.